The van der Waals surface area contributed by atoms with Crippen LogP contribution in [-0.2, 0) is 32.0 Å². The topological polar surface area (TPSA) is 148 Å². The number of nitrogens with one attached hydrogen (secondary N) is 2. The number of hydrogen-bond acceptors (Lipinski definition) is 7. The van der Waals surface area contributed by atoms with Crippen LogP contribution in [0.15, 0.2) is 42.9 Å². The number of aliphatic hydroxyl groups is 1. The molecule has 1 aromatic carbocycles. The third kappa shape index (κ3) is 11.8. The zero-order valence-electron chi connectivity index (χ0n) is 31.3. The van der Waals surface area contributed by atoms with Crippen LogP contribution in [0.4, 0.5) is 4.79 Å². The lowest BCUT2D eigenvalue weighted by Gasteiger charge is -2.39. The van der Waals surface area contributed by atoms with E-state index < -0.39 is 36.3 Å². The van der Waals surface area contributed by atoms with Crippen molar-refractivity contribution in [2.45, 2.75) is 129 Å². The highest BCUT2D eigenvalue weighted by Crippen LogP contribution is 2.29. The second-order valence-electron chi connectivity index (χ2n) is 15.1. The van der Waals surface area contributed by atoms with Crippen molar-refractivity contribution in [1.29, 1.82) is 0 Å². The minimum atomic E-state index is -1.27. The lowest BCUT2D eigenvalue weighted by molar-refractivity contribution is -0.156. The number of aliphatic hydroxyl groups excluding tert-OH is 1. The quantitative estimate of drug-likeness (QED) is 0.215. The number of likely N-dealkylation sites (N-methyl/N-ethyl adjacent to an activating group) is 1. The molecular formula is C39H60N6O6. The Morgan fingerprint density at radius 2 is 1.65 bits per heavy atom. The number of aromatic nitrogens is 2. The average Bonchev–Trinajstić information content (AvgIpc) is 3.65. The van der Waals surface area contributed by atoms with Crippen molar-refractivity contribution < 1.29 is 29.0 Å². The Balaban J connectivity index is 1.60. The van der Waals surface area contributed by atoms with Crippen molar-refractivity contribution in [2.75, 3.05) is 20.1 Å². The van der Waals surface area contributed by atoms with E-state index in [1.165, 1.54) is 27.7 Å². The molecule has 2 aromatic rings. The van der Waals surface area contributed by atoms with E-state index >= 15 is 0 Å². The molecule has 0 unspecified atom stereocenters. The number of benzene rings is 1. The lowest BCUT2D eigenvalue weighted by atomic mass is 9.83. The molecule has 2 heterocycles. The van der Waals surface area contributed by atoms with Crippen molar-refractivity contribution in [1.82, 2.24) is 30.2 Å². The van der Waals surface area contributed by atoms with Crippen molar-refractivity contribution >= 4 is 23.8 Å². The fourth-order valence-corrected chi connectivity index (χ4v) is 7.14. The summed E-state index contributed by atoms with van der Waals surface area (Å²) in [5.41, 5.74) is 1.44. The second kappa shape index (κ2) is 19.6. The van der Waals surface area contributed by atoms with Crippen molar-refractivity contribution in [3.63, 3.8) is 0 Å². The van der Waals surface area contributed by atoms with Gasteiger partial charge in [-0.3, -0.25) is 14.4 Å². The lowest BCUT2D eigenvalue weighted by Crippen LogP contribution is -2.58. The molecule has 1 aromatic heterocycles. The average molecular weight is 709 g/mol. The number of carbonyl (C=O) groups excluding carboxylic acids is 4. The van der Waals surface area contributed by atoms with Gasteiger partial charge >= 0.3 is 6.09 Å². The smallest absolute Gasteiger partial charge is 0.429 e. The number of amides is 4. The standard InChI is InChI=1S/C39H60N6O6/c1-27(2)18-19-34(46)32(22-29-14-8-6-9-15-29)42-36(47)33(24-31-25-40-26-41-31)43(5)38(49)35(23-30-16-10-7-11-17-30)51-39(50)45-21-13-12-20-44(45)37(48)28(3)4/h7,10-11,16-17,25-29,32-35,46H,6,8-9,12-15,18-24H2,1-5H3,(H,40,41)(H,42,47)/t32-,33-,34-,35-/m0/s1. The van der Waals surface area contributed by atoms with Crippen LogP contribution < -0.4 is 5.32 Å². The molecule has 1 aliphatic carbocycles. The summed E-state index contributed by atoms with van der Waals surface area (Å²) in [7, 11) is 1.55. The highest BCUT2D eigenvalue weighted by molar-refractivity contribution is 5.91. The van der Waals surface area contributed by atoms with Crippen LogP contribution in [0.2, 0.25) is 0 Å². The van der Waals surface area contributed by atoms with Crippen LogP contribution in [0.3, 0.4) is 0 Å². The summed E-state index contributed by atoms with van der Waals surface area (Å²) in [5, 5.41) is 17.3. The highest BCUT2D eigenvalue weighted by atomic mass is 16.6. The molecule has 4 amide bonds. The molecule has 51 heavy (non-hydrogen) atoms. The van der Waals surface area contributed by atoms with Crippen LogP contribution in [0.5, 0.6) is 0 Å². The predicted molar refractivity (Wildman–Crippen MR) is 195 cm³/mol. The summed E-state index contributed by atoms with van der Waals surface area (Å²) in [6, 6.07) is 7.82. The first-order valence-corrected chi connectivity index (χ1v) is 19.0. The molecule has 2 fully saturated rings. The molecule has 1 saturated heterocycles. The van der Waals surface area contributed by atoms with Gasteiger partial charge < -0.3 is 25.0 Å². The maximum Gasteiger partial charge on any atom is 0.429 e. The Bertz CT molecular complexity index is 1380. The summed E-state index contributed by atoms with van der Waals surface area (Å²) in [5.74, 6) is -0.625. The number of carbonyl (C=O) groups is 4. The largest absolute Gasteiger partial charge is 0.434 e. The fourth-order valence-electron chi connectivity index (χ4n) is 7.14. The maximum absolute atomic E-state index is 14.5. The number of aromatic amines is 1. The Labute approximate surface area is 303 Å². The maximum atomic E-state index is 14.5. The van der Waals surface area contributed by atoms with E-state index in [1.807, 2.05) is 30.3 Å². The predicted octanol–water partition coefficient (Wildman–Crippen LogP) is 5.27. The van der Waals surface area contributed by atoms with Gasteiger partial charge in [-0.25, -0.2) is 19.8 Å². The van der Waals surface area contributed by atoms with E-state index in [4.69, 9.17) is 4.74 Å². The van der Waals surface area contributed by atoms with Crippen molar-refractivity contribution in [2.24, 2.45) is 17.8 Å². The molecule has 282 valence electrons. The normalized spacial score (nSPS) is 17.9. The monoisotopic (exact) mass is 708 g/mol. The third-order valence-electron chi connectivity index (χ3n) is 10.3. The van der Waals surface area contributed by atoms with Gasteiger partial charge in [0.25, 0.3) is 5.91 Å². The molecule has 4 rings (SSSR count). The summed E-state index contributed by atoms with van der Waals surface area (Å²) in [6.45, 7) is 8.49. The highest BCUT2D eigenvalue weighted by Gasteiger charge is 2.38. The van der Waals surface area contributed by atoms with Gasteiger partial charge in [-0.1, -0.05) is 90.1 Å². The SMILES string of the molecule is CC(C)CC[C@H](O)[C@H](CC1CCCCC1)NC(=O)[C@H](Cc1cnc[nH]1)N(C)C(=O)[C@H](Cc1ccccc1)OC(=O)N1CCCCN1C(=O)C(C)C. The number of rotatable bonds is 16. The Kier molecular flexibility index (Phi) is 15.3. The minimum absolute atomic E-state index is 0.0817. The van der Waals surface area contributed by atoms with Crippen LogP contribution in [-0.4, -0.2) is 98.2 Å². The molecule has 1 saturated carbocycles. The summed E-state index contributed by atoms with van der Waals surface area (Å²) in [6.07, 6.45) is 9.78. The molecule has 12 nitrogen and oxygen atoms in total. The van der Waals surface area contributed by atoms with E-state index in [1.54, 1.807) is 27.1 Å². The molecule has 2 aliphatic rings. The number of nitrogens with zero attached hydrogens (tertiary/aromatic N) is 4. The number of H-pyrrole nitrogens is 1. The van der Waals surface area contributed by atoms with Gasteiger partial charge in [-0.2, -0.15) is 0 Å². The van der Waals surface area contributed by atoms with Gasteiger partial charge in [-0.05, 0) is 49.5 Å². The summed E-state index contributed by atoms with van der Waals surface area (Å²) < 4.78 is 5.99. The van der Waals surface area contributed by atoms with E-state index in [0.717, 1.165) is 44.1 Å². The molecule has 0 spiro atoms. The van der Waals surface area contributed by atoms with Crippen LogP contribution in [0.25, 0.3) is 0 Å². The molecule has 12 heteroatoms. The first-order valence-electron chi connectivity index (χ1n) is 19.0. The number of ether oxygens (including phenoxy) is 1. The number of hydrazine groups is 1. The van der Waals surface area contributed by atoms with Crippen LogP contribution in [0, 0.1) is 17.8 Å². The summed E-state index contributed by atoms with van der Waals surface area (Å²) in [4.78, 5) is 64.1. The van der Waals surface area contributed by atoms with E-state index in [9.17, 15) is 24.3 Å². The first-order chi connectivity index (χ1) is 24.4. The molecule has 4 atom stereocenters. The molecule has 3 N–H and O–H groups in total. The Morgan fingerprint density at radius 1 is 0.961 bits per heavy atom. The molecule has 1 aliphatic heterocycles. The van der Waals surface area contributed by atoms with Crippen LogP contribution >= 0.6 is 0 Å². The number of hydrogen-bond donors (Lipinski definition) is 3. The summed E-state index contributed by atoms with van der Waals surface area (Å²) >= 11 is 0. The number of imidazole rings is 1. The van der Waals surface area contributed by atoms with E-state index in [0.29, 0.717) is 49.9 Å². The van der Waals surface area contributed by atoms with Gasteiger partial charge in [0.15, 0.2) is 6.10 Å². The minimum Gasteiger partial charge on any atom is -0.434 e. The van der Waals surface area contributed by atoms with Crippen molar-refractivity contribution in [3.05, 3.63) is 54.1 Å². The van der Waals surface area contributed by atoms with Gasteiger partial charge in [0.2, 0.25) is 11.8 Å². The zero-order valence-corrected chi connectivity index (χ0v) is 31.3. The molecule has 0 radical (unpaired) electrons. The molecule has 0 bridgehead atoms. The van der Waals surface area contributed by atoms with Gasteiger partial charge in [0.05, 0.1) is 18.5 Å². The first kappa shape index (κ1) is 39.8. The Hall–Kier alpha value is -3.93. The third-order valence-corrected chi connectivity index (χ3v) is 10.3. The van der Waals surface area contributed by atoms with E-state index in [2.05, 4.69) is 29.1 Å². The Morgan fingerprint density at radius 3 is 2.27 bits per heavy atom. The van der Waals surface area contributed by atoms with Gasteiger partial charge in [0, 0.05) is 50.8 Å². The van der Waals surface area contributed by atoms with Crippen molar-refractivity contribution in [3.8, 4) is 0 Å². The second-order valence-corrected chi connectivity index (χ2v) is 15.1. The van der Waals surface area contributed by atoms with Crippen LogP contribution in [0.1, 0.15) is 103 Å². The fraction of sp³-hybridized carbons (Fsp3) is 0.667. The van der Waals surface area contributed by atoms with E-state index in [-0.39, 0.29) is 30.6 Å². The molecular weight excluding hydrogens is 648 g/mol. The van der Waals surface area contributed by atoms with Gasteiger partial charge in [-0.15, -0.1) is 0 Å². The van der Waals surface area contributed by atoms with Gasteiger partial charge in [0.1, 0.15) is 6.04 Å². The zero-order chi connectivity index (χ0) is 36.9.